The zero-order valence-corrected chi connectivity index (χ0v) is 12.2. The van der Waals surface area contributed by atoms with E-state index in [0.717, 1.165) is 13.0 Å². The van der Waals surface area contributed by atoms with Gasteiger partial charge < -0.3 is 10.0 Å². The highest BCUT2D eigenvalue weighted by Crippen LogP contribution is 2.23. The average Bonchev–Trinajstić information content (AvgIpc) is 2.74. The van der Waals surface area contributed by atoms with Gasteiger partial charge in [-0.05, 0) is 37.7 Å². The van der Waals surface area contributed by atoms with E-state index in [0.29, 0.717) is 12.1 Å². The summed E-state index contributed by atoms with van der Waals surface area (Å²) in [5.74, 6) is 0. The zero-order valence-electron chi connectivity index (χ0n) is 10.6. The number of rotatable bonds is 4. The van der Waals surface area contributed by atoms with Gasteiger partial charge >= 0.3 is 0 Å². The topological polar surface area (TPSA) is 69.6 Å². The summed E-state index contributed by atoms with van der Waals surface area (Å²) in [4.78, 5) is 2.09. The summed E-state index contributed by atoms with van der Waals surface area (Å²) in [5, 5.41) is 9.24. The van der Waals surface area contributed by atoms with Crippen molar-refractivity contribution in [3.05, 3.63) is 28.8 Å². The van der Waals surface area contributed by atoms with Gasteiger partial charge in [-0.25, -0.2) is 13.1 Å². The minimum atomic E-state index is -3.65. The van der Waals surface area contributed by atoms with E-state index in [1.54, 1.807) is 6.07 Å². The number of nitrogens with zero attached hydrogens (tertiary/aromatic N) is 1. The van der Waals surface area contributed by atoms with Crippen molar-refractivity contribution in [3.8, 4) is 0 Å². The van der Waals surface area contributed by atoms with E-state index in [9.17, 15) is 8.42 Å². The summed E-state index contributed by atoms with van der Waals surface area (Å²) < 4.78 is 27.2. The number of likely N-dealkylation sites (tertiary alicyclic amines) is 1. The second-order valence-corrected chi connectivity index (χ2v) is 6.88. The van der Waals surface area contributed by atoms with Crippen molar-refractivity contribution in [2.75, 3.05) is 20.1 Å². The molecule has 1 fully saturated rings. The van der Waals surface area contributed by atoms with Crippen LogP contribution in [0.5, 0.6) is 0 Å². The largest absolute Gasteiger partial charge is 0.392 e. The first-order chi connectivity index (χ1) is 8.92. The van der Waals surface area contributed by atoms with Gasteiger partial charge in [0.05, 0.1) is 11.6 Å². The first-order valence-electron chi connectivity index (χ1n) is 6.02. The molecule has 1 unspecified atom stereocenters. The van der Waals surface area contributed by atoms with E-state index in [4.69, 9.17) is 16.7 Å². The van der Waals surface area contributed by atoms with Crippen molar-refractivity contribution in [1.29, 1.82) is 0 Å². The van der Waals surface area contributed by atoms with Crippen molar-refractivity contribution in [2.45, 2.75) is 24.0 Å². The SMILES string of the molecule is CN1CCC(NS(=O)(=O)c2cc(CO)ccc2Cl)C1. The quantitative estimate of drug-likeness (QED) is 0.864. The number of aliphatic hydroxyl groups is 1. The van der Waals surface area contributed by atoms with Gasteiger partial charge in [-0.15, -0.1) is 0 Å². The molecule has 5 nitrogen and oxygen atoms in total. The van der Waals surface area contributed by atoms with Gasteiger partial charge in [0.2, 0.25) is 10.0 Å². The van der Waals surface area contributed by atoms with Crippen LogP contribution in [0.2, 0.25) is 5.02 Å². The molecule has 1 saturated heterocycles. The molecule has 2 N–H and O–H groups in total. The van der Waals surface area contributed by atoms with Crippen LogP contribution < -0.4 is 4.72 Å². The normalized spacial score (nSPS) is 20.9. The highest BCUT2D eigenvalue weighted by Gasteiger charge is 2.26. The molecule has 1 aliphatic rings. The molecule has 0 radical (unpaired) electrons. The molecule has 0 bridgehead atoms. The van der Waals surface area contributed by atoms with Crippen LogP contribution in [-0.2, 0) is 16.6 Å². The molecule has 0 amide bonds. The second-order valence-electron chi connectivity index (χ2n) is 4.79. The second kappa shape index (κ2) is 5.76. The molecule has 2 rings (SSSR count). The standard InChI is InChI=1S/C12H17ClN2O3S/c1-15-5-4-10(7-15)14-19(17,18)12-6-9(8-16)2-3-11(12)13/h2-3,6,10,14,16H,4-5,7-8H2,1H3. The molecule has 7 heteroatoms. The van der Waals surface area contributed by atoms with Crippen LogP contribution in [-0.4, -0.2) is 44.6 Å². The third kappa shape index (κ3) is 3.46. The number of nitrogens with one attached hydrogen (secondary N) is 1. The molecule has 19 heavy (non-hydrogen) atoms. The first kappa shape index (κ1) is 14.7. The van der Waals surface area contributed by atoms with Gasteiger partial charge in [0.15, 0.2) is 0 Å². The predicted octanol–water partition coefficient (Wildman–Crippen LogP) is 0.815. The molecule has 1 aromatic rings. The molecular formula is C12H17ClN2O3S. The number of likely N-dealkylation sites (N-methyl/N-ethyl adjacent to an activating group) is 1. The fourth-order valence-corrected chi connectivity index (χ4v) is 3.98. The maximum Gasteiger partial charge on any atom is 0.242 e. The lowest BCUT2D eigenvalue weighted by atomic mass is 10.2. The molecule has 0 aliphatic carbocycles. The minimum Gasteiger partial charge on any atom is -0.392 e. The molecule has 0 spiro atoms. The summed E-state index contributed by atoms with van der Waals surface area (Å²) in [7, 11) is -1.70. The highest BCUT2D eigenvalue weighted by atomic mass is 35.5. The lowest BCUT2D eigenvalue weighted by Gasteiger charge is -2.14. The van der Waals surface area contributed by atoms with Gasteiger partial charge in [-0.2, -0.15) is 0 Å². The van der Waals surface area contributed by atoms with E-state index < -0.39 is 10.0 Å². The van der Waals surface area contributed by atoms with E-state index >= 15 is 0 Å². The number of aliphatic hydroxyl groups excluding tert-OH is 1. The molecule has 1 heterocycles. The van der Waals surface area contributed by atoms with E-state index in [-0.39, 0.29) is 22.6 Å². The summed E-state index contributed by atoms with van der Waals surface area (Å²) in [6.45, 7) is 1.35. The Balaban J connectivity index is 2.24. The van der Waals surface area contributed by atoms with Gasteiger partial charge in [0, 0.05) is 12.6 Å². The lowest BCUT2D eigenvalue weighted by molar-refractivity contribution is 0.281. The number of hydrogen-bond donors (Lipinski definition) is 2. The van der Waals surface area contributed by atoms with Crippen LogP contribution in [0.3, 0.4) is 0 Å². The fourth-order valence-electron chi connectivity index (χ4n) is 2.17. The van der Waals surface area contributed by atoms with Crippen LogP contribution in [0, 0.1) is 0 Å². The van der Waals surface area contributed by atoms with Gasteiger partial charge in [0.25, 0.3) is 0 Å². The van der Waals surface area contributed by atoms with E-state index in [2.05, 4.69) is 9.62 Å². The Morgan fingerprint density at radius 1 is 1.53 bits per heavy atom. The predicted molar refractivity (Wildman–Crippen MR) is 73.6 cm³/mol. The molecule has 0 aromatic heterocycles. The number of hydrogen-bond acceptors (Lipinski definition) is 4. The number of sulfonamides is 1. The number of halogens is 1. The van der Waals surface area contributed by atoms with Crippen LogP contribution in [0.1, 0.15) is 12.0 Å². The van der Waals surface area contributed by atoms with Crippen molar-refractivity contribution in [1.82, 2.24) is 9.62 Å². The van der Waals surface area contributed by atoms with Gasteiger partial charge in [0.1, 0.15) is 4.90 Å². The van der Waals surface area contributed by atoms with Crippen molar-refractivity contribution >= 4 is 21.6 Å². The van der Waals surface area contributed by atoms with Crippen LogP contribution in [0.4, 0.5) is 0 Å². The van der Waals surface area contributed by atoms with Crippen molar-refractivity contribution in [3.63, 3.8) is 0 Å². The third-order valence-electron chi connectivity index (χ3n) is 3.18. The van der Waals surface area contributed by atoms with E-state index in [1.807, 2.05) is 7.05 Å². The number of benzene rings is 1. The maximum atomic E-state index is 12.3. The molecule has 106 valence electrons. The Morgan fingerprint density at radius 2 is 2.26 bits per heavy atom. The molecular weight excluding hydrogens is 288 g/mol. The monoisotopic (exact) mass is 304 g/mol. The van der Waals surface area contributed by atoms with Crippen LogP contribution >= 0.6 is 11.6 Å². The highest BCUT2D eigenvalue weighted by molar-refractivity contribution is 7.89. The Kier molecular flexibility index (Phi) is 4.47. The summed E-state index contributed by atoms with van der Waals surface area (Å²) >= 11 is 5.94. The summed E-state index contributed by atoms with van der Waals surface area (Å²) in [6.07, 6.45) is 0.785. The summed E-state index contributed by atoms with van der Waals surface area (Å²) in [5.41, 5.74) is 0.522. The smallest absolute Gasteiger partial charge is 0.242 e. The minimum absolute atomic E-state index is 0.0234. The fraction of sp³-hybridized carbons (Fsp3) is 0.500. The summed E-state index contributed by atoms with van der Waals surface area (Å²) in [6, 6.07) is 4.40. The molecule has 1 aromatic carbocycles. The molecule has 1 aliphatic heterocycles. The van der Waals surface area contributed by atoms with Crippen molar-refractivity contribution < 1.29 is 13.5 Å². The Labute approximate surface area is 118 Å². The molecule has 0 saturated carbocycles. The van der Waals surface area contributed by atoms with E-state index in [1.165, 1.54) is 12.1 Å². The average molecular weight is 305 g/mol. The zero-order chi connectivity index (χ0) is 14.0. The third-order valence-corrected chi connectivity index (χ3v) is 5.18. The van der Waals surface area contributed by atoms with Gasteiger partial charge in [-0.1, -0.05) is 17.7 Å². The Morgan fingerprint density at radius 3 is 2.84 bits per heavy atom. The lowest BCUT2D eigenvalue weighted by Crippen LogP contribution is -2.36. The molecule has 1 atom stereocenters. The maximum absolute atomic E-state index is 12.3. The van der Waals surface area contributed by atoms with Crippen LogP contribution in [0.25, 0.3) is 0 Å². The Bertz CT molecular complexity index is 562. The first-order valence-corrected chi connectivity index (χ1v) is 7.88. The Hall–Kier alpha value is -0.660. The van der Waals surface area contributed by atoms with Crippen molar-refractivity contribution in [2.24, 2.45) is 0 Å². The van der Waals surface area contributed by atoms with Crippen LogP contribution in [0.15, 0.2) is 23.1 Å². The van der Waals surface area contributed by atoms with Gasteiger partial charge in [-0.3, -0.25) is 0 Å².